The Balaban J connectivity index is 0.00000220. The van der Waals surface area contributed by atoms with E-state index in [9.17, 15) is 13.2 Å². The maximum atomic E-state index is 12.9. The number of ether oxygens (including phenoxy) is 1. The number of hydrogen-bond donors (Lipinski definition) is 1. The maximum absolute atomic E-state index is 12.9. The Morgan fingerprint density at radius 2 is 2.05 bits per heavy atom. The van der Waals surface area contributed by atoms with Gasteiger partial charge in [-0.3, -0.25) is 4.68 Å². The minimum Gasteiger partial charge on any atom is -0.481 e. The molecule has 0 aliphatic carbocycles. The van der Waals surface area contributed by atoms with Gasteiger partial charge in [0.05, 0.1) is 25.5 Å². The van der Waals surface area contributed by atoms with Gasteiger partial charge in [0.25, 0.3) is 0 Å². The van der Waals surface area contributed by atoms with E-state index in [1.807, 2.05) is 0 Å². The van der Waals surface area contributed by atoms with Gasteiger partial charge < -0.3 is 10.1 Å². The van der Waals surface area contributed by atoms with Crippen molar-refractivity contribution in [3.63, 3.8) is 0 Å². The van der Waals surface area contributed by atoms with Gasteiger partial charge in [-0.1, -0.05) is 0 Å². The molecule has 5 nitrogen and oxygen atoms in total. The second-order valence-corrected chi connectivity index (χ2v) is 4.07. The summed E-state index contributed by atoms with van der Waals surface area (Å²) in [7, 11) is 2.89. The zero-order valence-corrected chi connectivity index (χ0v) is 12.1. The van der Waals surface area contributed by atoms with E-state index in [0.717, 1.165) is 18.9 Å². The Bertz CT molecular complexity index is 600. The normalized spacial score (nSPS) is 10.9. The molecule has 0 spiro atoms. The fourth-order valence-electron chi connectivity index (χ4n) is 1.71. The summed E-state index contributed by atoms with van der Waals surface area (Å²) < 4.78 is 44.7. The summed E-state index contributed by atoms with van der Waals surface area (Å²) in [5.41, 5.74) is 0.282. The van der Waals surface area contributed by atoms with Crippen LogP contribution in [0.5, 0.6) is 5.88 Å². The SMILES string of the molecule is CNc1cnn(Cc2cnc(OC)c(C(F)(F)F)c2)c1.Cl. The van der Waals surface area contributed by atoms with Crippen molar-refractivity contribution in [3.8, 4) is 5.88 Å². The molecule has 21 heavy (non-hydrogen) atoms. The number of alkyl halides is 3. The van der Waals surface area contributed by atoms with E-state index in [4.69, 9.17) is 0 Å². The second kappa shape index (κ2) is 6.66. The lowest BCUT2D eigenvalue weighted by Crippen LogP contribution is -2.11. The number of pyridine rings is 1. The highest BCUT2D eigenvalue weighted by molar-refractivity contribution is 5.85. The first-order chi connectivity index (χ1) is 9.44. The Morgan fingerprint density at radius 3 is 2.57 bits per heavy atom. The summed E-state index contributed by atoms with van der Waals surface area (Å²) in [4.78, 5) is 3.69. The summed E-state index contributed by atoms with van der Waals surface area (Å²) in [6.45, 7) is 0.196. The van der Waals surface area contributed by atoms with Crippen LogP contribution in [-0.2, 0) is 12.7 Å². The zero-order valence-electron chi connectivity index (χ0n) is 11.3. The van der Waals surface area contributed by atoms with E-state index in [1.54, 1.807) is 19.4 Å². The van der Waals surface area contributed by atoms with Crippen molar-refractivity contribution in [1.82, 2.24) is 14.8 Å². The maximum Gasteiger partial charge on any atom is 0.421 e. The molecule has 0 aliphatic heterocycles. The largest absolute Gasteiger partial charge is 0.481 e. The van der Waals surface area contributed by atoms with E-state index in [-0.39, 0.29) is 19.0 Å². The van der Waals surface area contributed by atoms with E-state index in [2.05, 4.69) is 20.1 Å². The fraction of sp³-hybridized carbons (Fsp3) is 0.333. The van der Waals surface area contributed by atoms with Gasteiger partial charge in [-0.05, 0) is 11.6 Å². The van der Waals surface area contributed by atoms with Crippen LogP contribution in [0.25, 0.3) is 0 Å². The number of nitrogens with zero attached hydrogens (tertiary/aromatic N) is 3. The number of rotatable bonds is 4. The van der Waals surface area contributed by atoms with Gasteiger partial charge in [-0.25, -0.2) is 4.98 Å². The van der Waals surface area contributed by atoms with Crippen molar-refractivity contribution in [2.24, 2.45) is 0 Å². The molecule has 0 radical (unpaired) electrons. The third-order valence-corrected chi connectivity index (χ3v) is 2.67. The molecule has 1 N–H and O–H groups in total. The number of halogens is 4. The van der Waals surface area contributed by atoms with Crippen molar-refractivity contribution in [2.45, 2.75) is 12.7 Å². The third-order valence-electron chi connectivity index (χ3n) is 2.67. The smallest absolute Gasteiger partial charge is 0.421 e. The van der Waals surface area contributed by atoms with Crippen molar-refractivity contribution in [1.29, 1.82) is 0 Å². The number of nitrogens with one attached hydrogen (secondary N) is 1. The predicted octanol–water partition coefficient (Wildman–Crippen LogP) is 2.82. The van der Waals surface area contributed by atoms with Gasteiger partial charge in [-0.2, -0.15) is 18.3 Å². The van der Waals surface area contributed by atoms with Crippen LogP contribution in [0.3, 0.4) is 0 Å². The van der Waals surface area contributed by atoms with E-state index in [0.29, 0.717) is 5.56 Å². The minimum absolute atomic E-state index is 0. The van der Waals surface area contributed by atoms with Crippen LogP contribution in [0.2, 0.25) is 0 Å². The molecule has 2 aromatic rings. The first-order valence-corrected chi connectivity index (χ1v) is 5.74. The summed E-state index contributed by atoms with van der Waals surface area (Å²) in [5.74, 6) is -0.433. The van der Waals surface area contributed by atoms with Crippen molar-refractivity contribution in [2.75, 3.05) is 19.5 Å². The Morgan fingerprint density at radius 1 is 1.33 bits per heavy atom. The lowest BCUT2D eigenvalue weighted by molar-refractivity contribution is -0.139. The molecule has 0 unspecified atom stereocenters. The molecule has 0 atom stereocenters. The molecule has 0 amide bonds. The van der Waals surface area contributed by atoms with E-state index < -0.39 is 17.6 Å². The lowest BCUT2D eigenvalue weighted by Gasteiger charge is -2.12. The minimum atomic E-state index is -4.51. The van der Waals surface area contributed by atoms with Crippen LogP contribution >= 0.6 is 12.4 Å². The van der Waals surface area contributed by atoms with Gasteiger partial charge in [0.15, 0.2) is 0 Å². The van der Waals surface area contributed by atoms with Crippen molar-refractivity contribution in [3.05, 3.63) is 35.8 Å². The monoisotopic (exact) mass is 322 g/mol. The van der Waals surface area contributed by atoms with Gasteiger partial charge in [-0.15, -0.1) is 12.4 Å². The highest BCUT2D eigenvalue weighted by Gasteiger charge is 2.35. The first kappa shape index (κ1) is 17.1. The molecule has 0 aromatic carbocycles. The van der Waals surface area contributed by atoms with Crippen LogP contribution in [0.1, 0.15) is 11.1 Å². The van der Waals surface area contributed by atoms with Crippen LogP contribution in [-0.4, -0.2) is 28.9 Å². The average Bonchev–Trinajstić information content (AvgIpc) is 2.85. The van der Waals surface area contributed by atoms with Gasteiger partial charge in [0.2, 0.25) is 5.88 Å². The lowest BCUT2D eigenvalue weighted by atomic mass is 10.2. The highest BCUT2D eigenvalue weighted by atomic mass is 35.5. The molecule has 2 heterocycles. The Hall–Kier alpha value is -1.96. The molecular weight excluding hydrogens is 309 g/mol. The molecule has 0 fully saturated rings. The number of aromatic nitrogens is 3. The third kappa shape index (κ3) is 4.01. The Kier molecular flexibility index (Phi) is 5.42. The number of hydrogen-bond acceptors (Lipinski definition) is 4. The average molecular weight is 323 g/mol. The van der Waals surface area contributed by atoms with Crippen LogP contribution < -0.4 is 10.1 Å². The molecule has 116 valence electrons. The molecule has 0 saturated carbocycles. The highest BCUT2D eigenvalue weighted by Crippen LogP contribution is 2.35. The van der Waals surface area contributed by atoms with Crippen molar-refractivity contribution < 1.29 is 17.9 Å². The summed E-state index contributed by atoms with van der Waals surface area (Å²) in [5, 5.41) is 6.92. The van der Waals surface area contributed by atoms with Gasteiger partial charge in [0, 0.05) is 19.4 Å². The zero-order chi connectivity index (χ0) is 14.8. The predicted molar refractivity (Wildman–Crippen MR) is 73.9 cm³/mol. The molecule has 9 heteroatoms. The van der Waals surface area contributed by atoms with Crippen LogP contribution in [0.4, 0.5) is 18.9 Å². The second-order valence-electron chi connectivity index (χ2n) is 4.07. The Labute approximate surface area is 125 Å². The van der Waals surface area contributed by atoms with Gasteiger partial charge >= 0.3 is 6.18 Å². The number of anilines is 1. The topological polar surface area (TPSA) is 52.0 Å². The van der Waals surface area contributed by atoms with E-state index in [1.165, 1.54) is 10.9 Å². The van der Waals surface area contributed by atoms with Crippen LogP contribution in [0.15, 0.2) is 24.7 Å². The van der Waals surface area contributed by atoms with E-state index >= 15 is 0 Å². The van der Waals surface area contributed by atoms with Crippen LogP contribution in [0, 0.1) is 0 Å². The number of methoxy groups -OCH3 is 1. The van der Waals surface area contributed by atoms with Crippen molar-refractivity contribution >= 4 is 18.1 Å². The summed E-state index contributed by atoms with van der Waals surface area (Å²) in [6.07, 6.45) is 0.114. The molecule has 2 rings (SSSR count). The molecule has 0 aliphatic rings. The first-order valence-electron chi connectivity index (χ1n) is 5.74. The standard InChI is InChI=1S/C12H13F3N4O.ClH/c1-16-9-5-18-19(7-9)6-8-3-10(12(13,14)15)11(20-2)17-4-8;/h3-5,7,16H,6H2,1-2H3;1H. The molecule has 2 aromatic heterocycles. The summed E-state index contributed by atoms with van der Waals surface area (Å²) in [6, 6.07) is 1.02. The molecule has 0 saturated heterocycles. The molecular formula is C12H14ClF3N4O. The summed E-state index contributed by atoms with van der Waals surface area (Å²) >= 11 is 0. The molecule has 0 bridgehead atoms. The fourth-order valence-corrected chi connectivity index (χ4v) is 1.71. The van der Waals surface area contributed by atoms with Gasteiger partial charge in [0.1, 0.15) is 5.56 Å². The quantitative estimate of drug-likeness (QED) is 0.940.